The molecule has 156 valence electrons. The highest BCUT2D eigenvalue weighted by Crippen LogP contribution is 2.25. The number of aromatic nitrogens is 3. The largest absolute Gasteiger partial charge is 0.383 e. The van der Waals surface area contributed by atoms with E-state index >= 15 is 0 Å². The van der Waals surface area contributed by atoms with Crippen LogP contribution in [0.25, 0.3) is 0 Å². The molecule has 0 radical (unpaired) electrons. The molecule has 2 aromatic rings. The summed E-state index contributed by atoms with van der Waals surface area (Å²) < 4.78 is 47.2. The van der Waals surface area contributed by atoms with Crippen LogP contribution in [0.15, 0.2) is 24.4 Å². The Hall–Kier alpha value is -2.95. The number of amides is 2. The van der Waals surface area contributed by atoms with Gasteiger partial charge in [-0.3, -0.25) is 9.59 Å². The van der Waals surface area contributed by atoms with Gasteiger partial charge in [0.05, 0.1) is 37.5 Å². The predicted molar refractivity (Wildman–Crippen MR) is 94.9 cm³/mol. The Bertz CT molecular complexity index is 891. The fourth-order valence-electron chi connectivity index (χ4n) is 3.16. The smallest absolute Gasteiger partial charge is 0.273 e. The molecule has 1 N–H and O–H groups in total. The molecule has 0 aliphatic carbocycles. The van der Waals surface area contributed by atoms with E-state index in [1.54, 1.807) is 0 Å². The first-order valence-electron chi connectivity index (χ1n) is 8.96. The highest BCUT2D eigenvalue weighted by atomic mass is 19.1. The predicted octanol–water partition coefficient (Wildman–Crippen LogP) is 1.19. The van der Waals surface area contributed by atoms with Crippen molar-refractivity contribution in [2.45, 2.75) is 25.2 Å². The fourth-order valence-corrected chi connectivity index (χ4v) is 3.16. The lowest BCUT2D eigenvalue weighted by Gasteiger charge is -2.24. The van der Waals surface area contributed by atoms with Crippen molar-refractivity contribution in [3.05, 3.63) is 47.3 Å². The van der Waals surface area contributed by atoms with Crippen LogP contribution in [0.2, 0.25) is 0 Å². The Morgan fingerprint density at radius 1 is 1.34 bits per heavy atom. The minimum atomic E-state index is -1.28. The molecule has 0 bridgehead atoms. The summed E-state index contributed by atoms with van der Waals surface area (Å²) in [6, 6.07) is 2.00. The first kappa shape index (κ1) is 20.8. The number of rotatable bonds is 7. The average molecular weight is 411 g/mol. The summed E-state index contributed by atoms with van der Waals surface area (Å²) in [4.78, 5) is 25.8. The van der Waals surface area contributed by atoms with Gasteiger partial charge in [-0.1, -0.05) is 5.21 Å². The van der Waals surface area contributed by atoms with Gasteiger partial charge in [0, 0.05) is 26.1 Å². The van der Waals surface area contributed by atoms with Gasteiger partial charge in [-0.2, -0.15) is 0 Å². The summed E-state index contributed by atoms with van der Waals surface area (Å²) in [5.74, 6) is -2.99. The molecule has 2 amide bonds. The molecule has 1 aliphatic rings. The lowest BCUT2D eigenvalue weighted by atomic mass is 10.1. The zero-order valence-electron chi connectivity index (χ0n) is 15.6. The fraction of sp³-hybridized carbons (Fsp3) is 0.444. The van der Waals surface area contributed by atoms with E-state index in [9.17, 15) is 22.8 Å². The third kappa shape index (κ3) is 4.91. The van der Waals surface area contributed by atoms with E-state index in [1.807, 2.05) is 0 Å². The van der Waals surface area contributed by atoms with Crippen LogP contribution in [0.1, 0.15) is 27.3 Å². The van der Waals surface area contributed by atoms with Crippen molar-refractivity contribution in [2.75, 3.05) is 26.8 Å². The molecular weight excluding hydrogens is 391 g/mol. The van der Waals surface area contributed by atoms with E-state index in [-0.39, 0.29) is 30.8 Å². The minimum absolute atomic E-state index is 0.0315. The Morgan fingerprint density at radius 2 is 2.14 bits per heavy atom. The highest BCUT2D eigenvalue weighted by Gasteiger charge is 2.37. The molecule has 0 saturated carbocycles. The van der Waals surface area contributed by atoms with E-state index in [4.69, 9.17) is 4.74 Å². The average Bonchev–Trinajstić information content (AvgIpc) is 3.28. The number of nitrogens with zero attached hydrogens (tertiary/aromatic N) is 4. The summed E-state index contributed by atoms with van der Waals surface area (Å²) in [5, 5.41) is 10.2. The van der Waals surface area contributed by atoms with Crippen LogP contribution in [0.5, 0.6) is 0 Å². The van der Waals surface area contributed by atoms with Gasteiger partial charge in [0.1, 0.15) is 17.8 Å². The van der Waals surface area contributed by atoms with Crippen LogP contribution in [0, 0.1) is 11.6 Å². The second-order valence-corrected chi connectivity index (χ2v) is 6.64. The Morgan fingerprint density at radius 3 is 2.86 bits per heavy atom. The summed E-state index contributed by atoms with van der Waals surface area (Å²) in [7, 11) is 1.51. The number of hydrogen-bond donors (Lipinski definition) is 1. The lowest BCUT2D eigenvalue weighted by molar-refractivity contribution is 0.0709. The van der Waals surface area contributed by atoms with Crippen molar-refractivity contribution in [1.29, 1.82) is 0 Å². The molecule has 1 saturated heterocycles. The zero-order valence-corrected chi connectivity index (χ0v) is 15.6. The number of methoxy groups -OCH3 is 1. The monoisotopic (exact) mass is 411 g/mol. The maximum absolute atomic E-state index is 14.0. The molecule has 11 heteroatoms. The van der Waals surface area contributed by atoms with Gasteiger partial charge in [-0.15, -0.1) is 5.10 Å². The maximum atomic E-state index is 14.0. The molecule has 0 unspecified atom stereocenters. The number of carbonyl (C=O) groups is 2. The van der Waals surface area contributed by atoms with Crippen molar-refractivity contribution in [2.24, 2.45) is 0 Å². The minimum Gasteiger partial charge on any atom is -0.383 e. The molecule has 3 rings (SSSR count). The third-order valence-electron chi connectivity index (χ3n) is 4.55. The molecule has 8 nitrogen and oxygen atoms in total. The van der Waals surface area contributed by atoms with Crippen molar-refractivity contribution in [1.82, 2.24) is 25.2 Å². The van der Waals surface area contributed by atoms with Crippen molar-refractivity contribution >= 4 is 11.8 Å². The van der Waals surface area contributed by atoms with E-state index in [0.717, 1.165) is 12.1 Å². The van der Waals surface area contributed by atoms with E-state index in [0.29, 0.717) is 19.2 Å². The highest BCUT2D eigenvalue weighted by molar-refractivity contribution is 5.95. The second-order valence-electron chi connectivity index (χ2n) is 6.64. The summed E-state index contributed by atoms with van der Waals surface area (Å²) in [5.41, 5.74) is -0.263. The van der Waals surface area contributed by atoms with E-state index < -0.39 is 35.7 Å². The van der Waals surface area contributed by atoms with Crippen LogP contribution in [0.3, 0.4) is 0 Å². The summed E-state index contributed by atoms with van der Waals surface area (Å²) in [6.45, 7) is 0.517. The Balaban J connectivity index is 1.69. The molecule has 2 heterocycles. The molecule has 2 atom stereocenters. The van der Waals surface area contributed by atoms with Crippen molar-refractivity contribution in [3.63, 3.8) is 0 Å². The quantitative estimate of drug-likeness (QED) is 0.692. The Kier molecular flexibility index (Phi) is 6.47. The lowest BCUT2D eigenvalue weighted by Crippen LogP contribution is -2.38. The van der Waals surface area contributed by atoms with Crippen molar-refractivity contribution in [3.8, 4) is 0 Å². The van der Waals surface area contributed by atoms with Crippen LogP contribution in [0.4, 0.5) is 13.2 Å². The number of ether oxygens (including phenoxy) is 1. The summed E-state index contributed by atoms with van der Waals surface area (Å²) in [6.07, 6.45) is 0.131. The molecule has 29 heavy (non-hydrogen) atoms. The molecule has 1 aromatic carbocycles. The normalized spacial score (nSPS) is 18.8. The number of likely N-dealkylation sites (tertiary alicyclic amines) is 1. The van der Waals surface area contributed by atoms with E-state index in [2.05, 4.69) is 15.6 Å². The number of nitrogens with one attached hydrogen (secondary N) is 1. The Labute approximate surface area is 164 Å². The number of hydrogen-bond acceptors (Lipinski definition) is 5. The van der Waals surface area contributed by atoms with Gasteiger partial charge in [0.25, 0.3) is 11.8 Å². The number of benzene rings is 1. The zero-order chi connectivity index (χ0) is 21.0. The van der Waals surface area contributed by atoms with E-state index in [1.165, 1.54) is 22.9 Å². The van der Waals surface area contributed by atoms with Gasteiger partial charge in [0.2, 0.25) is 0 Å². The van der Waals surface area contributed by atoms with Crippen LogP contribution in [-0.4, -0.2) is 70.7 Å². The number of alkyl halides is 1. The van der Waals surface area contributed by atoms with Gasteiger partial charge < -0.3 is 15.0 Å². The topological polar surface area (TPSA) is 89.4 Å². The second kappa shape index (κ2) is 9.03. The molecular formula is C18H20F3N5O3. The molecule has 0 spiro atoms. The van der Waals surface area contributed by atoms with Crippen LogP contribution < -0.4 is 5.32 Å². The summed E-state index contributed by atoms with van der Waals surface area (Å²) >= 11 is 0. The van der Waals surface area contributed by atoms with Crippen molar-refractivity contribution < 1.29 is 27.5 Å². The number of halogens is 3. The van der Waals surface area contributed by atoms with Gasteiger partial charge in [-0.05, 0) is 12.1 Å². The van der Waals surface area contributed by atoms with Gasteiger partial charge in [0.15, 0.2) is 5.69 Å². The SMILES string of the molecule is COCCNC(=O)c1cn(C[C@@H]2C[C@H](F)CN2C(=O)c2ccc(F)cc2F)nn1. The van der Waals surface area contributed by atoms with Crippen LogP contribution in [-0.2, 0) is 11.3 Å². The number of carbonyl (C=O) groups excluding carboxylic acids is 2. The first-order chi connectivity index (χ1) is 13.9. The van der Waals surface area contributed by atoms with Gasteiger partial charge in [-0.25, -0.2) is 17.9 Å². The van der Waals surface area contributed by atoms with Crippen LogP contribution >= 0.6 is 0 Å². The third-order valence-corrected chi connectivity index (χ3v) is 4.55. The molecule has 1 aromatic heterocycles. The van der Waals surface area contributed by atoms with Gasteiger partial charge >= 0.3 is 0 Å². The standard InChI is InChI=1S/C18H20F3N5O3/c1-29-5-4-22-17(27)16-10-25(24-23-16)9-13-6-12(20)8-26(13)18(28)14-3-2-11(19)7-15(14)21/h2-3,7,10,12-13H,4-6,8-9H2,1H3,(H,22,27)/t12-,13-/m0/s1. The maximum Gasteiger partial charge on any atom is 0.273 e. The molecule has 1 fully saturated rings. The first-order valence-corrected chi connectivity index (χ1v) is 8.96. The molecule has 1 aliphatic heterocycles.